The maximum Gasteiger partial charge on any atom is 0.240 e. The number of amides is 1. The van der Waals surface area contributed by atoms with Crippen LogP contribution in [-0.4, -0.2) is 27.2 Å². The van der Waals surface area contributed by atoms with Crippen LogP contribution in [0.15, 0.2) is 24.3 Å². The summed E-state index contributed by atoms with van der Waals surface area (Å²) in [5.74, 6) is 1.30. The lowest BCUT2D eigenvalue weighted by Crippen LogP contribution is -2.29. The molecule has 1 heterocycles. The average molecular weight is 332 g/mol. The highest BCUT2D eigenvalue weighted by Crippen LogP contribution is 2.18. The average Bonchev–Trinajstić information content (AvgIpc) is 2.85. The highest BCUT2D eigenvalue weighted by Gasteiger charge is 2.12. The van der Waals surface area contributed by atoms with Gasteiger partial charge in [-0.25, -0.2) is 0 Å². The van der Waals surface area contributed by atoms with E-state index in [2.05, 4.69) is 29.4 Å². The summed E-state index contributed by atoms with van der Waals surface area (Å²) < 4.78 is 2.20. The van der Waals surface area contributed by atoms with Gasteiger partial charge >= 0.3 is 0 Å². The molecule has 2 aromatic rings. The Labute approximate surface area is 142 Å². The molecule has 0 atom stereocenters. The molecule has 23 heavy (non-hydrogen) atoms. The normalized spacial score (nSPS) is 11.0. The second-order valence-corrected chi connectivity index (χ2v) is 6.58. The molecule has 1 aromatic heterocycles. The standard InChI is InChI=1S/C17H24N4OS/c1-12(2)6-5-9-18-15(22)11-21-16(19-20-17(21)23)14-8-4-7-13(3)10-14/h4,7-8,10,12H,5-6,9,11H2,1-3H3,(H,18,22)(H,20,23). The Morgan fingerprint density at radius 2 is 2.22 bits per heavy atom. The third-order valence-electron chi connectivity index (χ3n) is 3.62. The molecular weight excluding hydrogens is 308 g/mol. The van der Waals surface area contributed by atoms with Crippen LogP contribution < -0.4 is 5.32 Å². The van der Waals surface area contributed by atoms with Crippen LogP contribution in [0, 0.1) is 17.6 Å². The van der Waals surface area contributed by atoms with Crippen LogP contribution in [-0.2, 0) is 11.3 Å². The molecule has 0 radical (unpaired) electrons. The summed E-state index contributed by atoms with van der Waals surface area (Å²) in [6.45, 7) is 7.26. The molecule has 0 aliphatic carbocycles. The number of nitrogens with one attached hydrogen (secondary N) is 2. The number of nitrogens with zero attached hydrogens (tertiary/aromatic N) is 2. The van der Waals surface area contributed by atoms with Crippen LogP contribution in [0.4, 0.5) is 0 Å². The molecule has 2 rings (SSSR count). The SMILES string of the molecule is Cc1cccc(-c2n[nH]c(=S)n2CC(=O)NCCCC(C)C)c1. The van der Waals surface area contributed by atoms with E-state index >= 15 is 0 Å². The summed E-state index contributed by atoms with van der Waals surface area (Å²) in [4.78, 5) is 12.1. The van der Waals surface area contributed by atoms with Crippen LogP contribution in [0.5, 0.6) is 0 Å². The molecule has 0 bridgehead atoms. The van der Waals surface area contributed by atoms with Gasteiger partial charge in [0.05, 0.1) is 0 Å². The Morgan fingerprint density at radius 3 is 2.91 bits per heavy atom. The Morgan fingerprint density at radius 1 is 1.43 bits per heavy atom. The van der Waals surface area contributed by atoms with Crippen molar-refractivity contribution >= 4 is 18.1 Å². The van der Waals surface area contributed by atoms with Crippen molar-refractivity contribution in [3.8, 4) is 11.4 Å². The monoisotopic (exact) mass is 332 g/mol. The largest absolute Gasteiger partial charge is 0.355 e. The van der Waals surface area contributed by atoms with Crippen molar-refractivity contribution in [2.75, 3.05) is 6.54 Å². The molecule has 2 N–H and O–H groups in total. The number of carbonyl (C=O) groups is 1. The first-order valence-corrected chi connectivity index (χ1v) is 8.37. The first-order valence-electron chi connectivity index (χ1n) is 7.96. The minimum atomic E-state index is -0.0415. The topological polar surface area (TPSA) is 62.7 Å². The van der Waals surface area contributed by atoms with Crippen LogP contribution in [0.1, 0.15) is 32.3 Å². The Hall–Kier alpha value is -1.95. The van der Waals surface area contributed by atoms with E-state index in [1.807, 2.05) is 31.2 Å². The highest BCUT2D eigenvalue weighted by molar-refractivity contribution is 7.71. The molecule has 124 valence electrons. The zero-order chi connectivity index (χ0) is 16.8. The van der Waals surface area contributed by atoms with Crippen molar-refractivity contribution in [2.24, 2.45) is 5.92 Å². The fraction of sp³-hybridized carbons (Fsp3) is 0.471. The highest BCUT2D eigenvalue weighted by atomic mass is 32.1. The Bertz CT molecular complexity index is 717. The molecule has 0 aliphatic heterocycles. The Balaban J connectivity index is 2.04. The van der Waals surface area contributed by atoms with E-state index in [1.54, 1.807) is 4.57 Å². The van der Waals surface area contributed by atoms with Crippen molar-refractivity contribution in [3.05, 3.63) is 34.6 Å². The predicted octanol–water partition coefficient (Wildman–Crippen LogP) is 3.47. The number of H-pyrrole nitrogens is 1. The summed E-state index contributed by atoms with van der Waals surface area (Å²) in [5.41, 5.74) is 2.09. The number of aryl methyl sites for hydroxylation is 1. The van der Waals surface area contributed by atoms with E-state index in [9.17, 15) is 4.79 Å². The van der Waals surface area contributed by atoms with Crippen molar-refractivity contribution in [1.82, 2.24) is 20.1 Å². The molecule has 0 spiro atoms. The van der Waals surface area contributed by atoms with Gasteiger partial charge in [-0.15, -0.1) is 0 Å². The van der Waals surface area contributed by atoms with E-state index in [-0.39, 0.29) is 12.5 Å². The quantitative estimate of drug-likeness (QED) is 0.603. The summed E-state index contributed by atoms with van der Waals surface area (Å²) in [5, 5.41) is 9.99. The van der Waals surface area contributed by atoms with E-state index in [0.29, 0.717) is 23.1 Å². The predicted molar refractivity (Wildman–Crippen MR) is 94.7 cm³/mol. The van der Waals surface area contributed by atoms with Gasteiger partial charge in [-0.2, -0.15) is 5.10 Å². The summed E-state index contributed by atoms with van der Waals surface area (Å²) >= 11 is 5.26. The van der Waals surface area contributed by atoms with Gasteiger partial charge in [-0.05, 0) is 44.0 Å². The van der Waals surface area contributed by atoms with Gasteiger partial charge in [0.1, 0.15) is 6.54 Å². The number of aromatic amines is 1. The summed E-state index contributed by atoms with van der Waals surface area (Å²) in [6.07, 6.45) is 2.10. The molecule has 0 unspecified atom stereocenters. The number of hydrogen-bond donors (Lipinski definition) is 2. The van der Waals surface area contributed by atoms with Gasteiger partial charge in [-0.3, -0.25) is 14.5 Å². The van der Waals surface area contributed by atoms with Gasteiger partial charge in [0, 0.05) is 12.1 Å². The first-order chi connectivity index (χ1) is 11.0. The van der Waals surface area contributed by atoms with Gasteiger partial charge in [-0.1, -0.05) is 37.6 Å². The fourth-order valence-electron chi connectivity index (χ4n) is 2.41. The number of carbonyl (C=O) groups excluding carboxylic acids is 1. The molecule has 5 nitrogen and oxygen atoms in total. The van der Waals surface area contributed by atoms with Crippen LogP contribution in [0.25, 0.3) is 11.4 Å². The lowest BCUT2D eigenvalue weighted by Gasteiger charge is -2.09. The molecular formula is C17H24N4OS. The molecule has 0 aliphatic rings. The number of rotatable bonds is 7. The lowest BCUT2D eigenvalue weighted by molar-refractivity contribution is -0.121. The van der Waals surface area contributed by atoms with Crippen molar-refractivity contribution in [1.29, 1.82) is 0 Å². The molecule has 1 aromatic carbocycles. The molecule has 0 saturated heterocycles. The second kappa shape index (κ2) is 8.06. The molecule has 6 heteroatoms. The van der Waals surface area contributed by atoms with Crippen LogP contribution in [0.3, 0.4) is 0 Å². The minimum Gasteiger partial charge on any atom is -0.355 e. The third kappa shape index (κ3) is 5.03. The lowest BCUT2D eigenvalue weighted by atomic mass is 10.1. The fourth-order valence-corrected chi connectivity index (χ4v) is 2.60. The summed E-state index contributed by atoms with van der Waals surface area (Å²) in [7, 11) is 0. The number of hydrogen-bond acceptors (Lipinski definition) is 3. The second-order valence-electron chi connectivity index (χ2n) is 6.19. The zero-order valence-electron chi connectivity index (χ0n) is 13.9. The van der Waals surface area contributed by atoms with E-state index in [4.69, 9.17) is 12.2 Å². The summed E-state index contributed by atoms with van der Waals surface area (Å²) in [6, 6.07) is 7.99. The van der Waals surface area contributed by atoms with Crippen LogP contribution in [0.2, 0.25) is 0 Å². The maximum absolute atomic E-state index is 12.1. The Kier molecular flexibility index (Phi) is 6.10. The smallest absolute Gasteiger partial charge is 0.240 e. The minimum absolute atomic E-state index is 0.0415. The molecule has 0 saturated carbocycles. The van der Waals surface area contributed by atoms with Crippen molar-refractivity contribution < 1.29 is 4.79 Å². The van der Waals surface area contributed by atoms with Crippen molar-refractivity contribution in [2.45, 2.75) is 40.2 Å². The number of aromatic nitrogens is 3. The molecule has 1 amide bonds. The van der Waals surface area contributed by atoms with Gasteiger partial charge < -0.3 is 5.32 Å². The van der Waals surface area contributed by atoms with Gasteiger partial charge in [0.25, 0.3) is 0 Å². The molecule has 0 fully saturated rings. The number of benzene rings is 1. The van der Waals surface area contributed by atoms with Crippen molar-refractivity contribution in [3.63, 3.8) is 0 Å². The van der Waals surface area contributed by atoms with Gasteiger partial charge in [0.2, 0.25) is 5.91 Å². The van der Waals surface area contributed by atoms with E-state index in [0.717, 1.165) is 24.0 Å². The van der Waals surface area contributed by atoms with E-state index in [1.165, 1.54) is 0 Å². The van der Waals surface area contributed by atoms with Crippen LogP contribution >= 0.6 is 12.2 Å². The maximum atomic E-state index is 12.1. The van der Waals surface area contributed by atoms with E-state index < -0.39 is 0 Å². The first kappa shape index (κ1) is 17.4. The van der Waals surface area contributed by atoms with Gasteiger partial charge in [0.15, 0.2) is 10.6 Å². The third-order valence-corrected chi connectivity index (χ3v) is 3.93. The zero-order valence-corrected chi connectivity index (χ0v) is 14.7.